The molecule has 7 heteroatoms. The number of allylic oxidation sites excluding steroid dienone is 2. The summed E-state index contributed by atoms with van der Waals surface area (Å²) >= 11 is 13.7. The van der Waals surface area contributed by atoms with Crippen LogP contribution in [0.15, 0.2) is 126 Å². The molecule has 0 saturated heterocycles. The van der Waals surface area contributed by atoms with Crippen LogP contribution in [0.3, 0.4) is 0 Å². The molecule has 0 amide bonds. The number of aryl methyl sites for hydroxylation is 3. The Labute approximate surface area is 491 Å². The Bertz CT molecular complexity index is 3330. The maximum absolute atomic E-state index is 3.49. The van der Waals surface area contributed by atoms with E-state index in [-0.39, 0.29) is 0 Å². The lowest BCUT2D eigenvalue weighted by Crippen LogP contribution is -1.85. The van der Waals surface area contributed by atoms with Crippen molar-refractivity contribution in [1.82, 2.24) is 0 Å². The Morgan fingerprint density at radius 2 is 0.753 bits per heavy atom. The number of unbranched alkanes of at least 4 members (excludes halogenated alkanes) is 12. The molecule has 0 bridgehead atoms. The standard InChI is InChI=1S/C70H78S7/c1-7-11-15-19-23-49(5)50(6)58-37-38-59(72-58)60-40-43-64(74-60)69-56(25-21-17-13-9-3)47-66(76-69)53-33-29-51(30-34-53)27-28-52-31-35-54(36-32-52)67-48-57(26-22-18-14-10-4)70(77-67)65-44-41-62(75-65)61-39-42-63(73-61)68-55(45-46-71-68)24-20-16-12-8-2/h29-48H,7-26H2,1-6H3. The minimum absolute atomic E-state index is 1.04. The fourth-order valence-electron chi connectivity index (χ4n) is 10.1. The van der Waals surface area contributed by atoms with Gasteiger partial charge in [0, 0.05) is 74.5 Å². The lowest BCUT2D eigenvalue weighted by atomic mass is 10.0. The first kappa shape index (κ1) is 57.3. The van der Waals surface area contributed by atoms with Gasteiger partial charge in [0.1, 0.15) is 0 Å². The van der Waals surface area contributed by atoms with E-state index in [2.05, 4.69) is 174 Å². The van der Waals surface area contributed by atoms with Crippen molar-refractivity contribution in [2.45, 2.75) is 170 Å². The third-order valence-electron chi connectivity index (χ3n) is 14.9. The maximum Gasteiger partial charge on any atom is 0.0481 e. The first-order valence-corrected chi connectivity index (χ1v) is 34.7. The first-order chi connectivity index (χ1) is 37.8. The van der Waals surface area contributed by atoms with E-state index in [4.69, 9.17) is 0 Å². The average Bonchev–Trinajstić information content (AvgIpc) is 4.34. The lowest BCUT2D eigenvalue weighted by molar-refractivity contribution is 0.665. The summed E-state index contributed by atoms with van der Waals surface area (Å²) in [5.41, 5.74) is 12.1. The summed E-state index contributed by atoms with van der Waals surface area (Å²) < 4.78 is 0. The van der Waals surface area contributed by atoms with Crippen LogP contribution in [0.1, 0.15) is 183 Å². The molecule has 7 heterocycles. The van der Waals surface area contributed by atoms with Gasteiger partial charge in [-0.3, -0.25) is 0 Å². The predicted octanol–water partition coefficient (Wildman–Crippen LogP) is 25.3. The summed E-state index contributed by atoms with van der Waals surface area (Å²) in [6.45, 7) is 13.8. The fourth-order valence-corrected chi connectivity index (χ4v) is 18.3. The minimum Gasteiger partial charge on any atom is -0.143 e. The normalized spacial score (nSPS) is 11.9. The van der Waals surface area contributed by atoms with Gasteiger partial charge >= 0.3 is 0 Å². The van der Waals surface area contributed by atoms with Gasteiger partial charge in [-0.15, -0.1) is 79.4 Å². The van der Waals surface area contributed by atoms with Crippen molar-refractivity contribution in [3.05, 3.63) is 159 Å². The van der Waals surface area contributed by atoms with E-state index in [0.717, 1.165) is 24.0 Å². The Balaban J connectivity index is 0.876. The van der Waals surface area contributed by atoms with Crippen LogP contribution in [0, 0.1) is 11.8 Å². The maximum atomic E-state index is 3.49. The number of thiophene rings is 7. The first-order valence-electron chi connectivity index (χ1n) is 28.9. The van der Waals surface area contributed by atoms with Crippen molar-refractivity contribution < 1.29 is 0 Å². The Hall–Kier alpha value is -4.36. The highest BCUT2D eigenvalue weighted by Crippen LogP contribution is 2.48. The molecule has 0 aliphatic carbocycles. The van der Waals surface area contributed by atoms with Crippen LogP contribution in [0.5, 0.6) is 0 Å². The zero-order chi connectivity index (χ0) is 53.3. The number of hydrogen-bond donors (Lipinski definition) is 0. The lowest BCUT2D eigenvalue weighted by Gasteiger charge is -2.06. The highest BCUT2D eigenvalue weighted by atomic mass is 32.1. The SMILES string of the molecule is CCCCCCC(C)=C(C)c1ccc(-c2ccc(-c3sc(-c4ccc(C#Cc5ccc(-c6cc(CCCCCC)c(-c7ccc(-c8ccc(-c9sccc9CCCCCC)s8)s7)s6)cc5)cc4)cc3CCCCCC)s2)s1. The summed E-state index contributed by atoms with van der Waals surface area (Å²) in [5, 5.41) is 2.28. The summed E-state index contributed by atoms with van der Waals surface area (Å²) in [4.78, 5) is 18.2. The second kappa shape index (κ2) is 29.2. The van der Waals surface area contributed by atoms with Gasteiger partial charge in [0.15, 0.2) is 0 Å². The van der Waals surface area contributed by atoms with E-state index < -0.39 is 0 Å². The van der Waals surface area contributed by atoms with Crippen molar-refractivity contribution in [2.75, 3.05) is 0 Å². The molecule has 0 N–H and O–H groups in total. The highest BCUT2D eigenvalue weighted by molar-refractivity contribution is 7.29. The molecule has 9 rings (SSSR count). The van der Waals surface area contributed by atoms with Gasteiger partial charge in [0.2, 0.25) is 0 Å². The van der Waals surface area contributed by atoms with Crippen LogP contribution in [-0.4, -0.2) is 0 Å². The van der Waals surface area contributed by atoms with E-state index in [1.54, 1.807) is 5.57 Å². The van der Waals surface area contributed by atoms with Crippen molar-refractivity contribution >= 4 is 84.9 Å². The molecular formula is C70H78S7. The smallest absolute Gasteiger partial charge is 0.0481 e. The summed E-state index contributed by atoms with van der Waals surface area (Å²) in [5.74, 6) is 6.99. The van der Waals surface area contributed by atoms with E-state index in [9.17, 15) is 0 Å². The number of benzene rings is 2. The third-order valence-corrected chi connectivity index (χ3v) is 23.8. The molecule has 7 aromatic heterocycles. The zero-order valence-corrected chi connectivity index (χ0v) is 52.3. The van der Waals surface area contributed by atoms with Gasteiger partial charge in [0.25, 0.3) is 0 Å². The quantitative estimate of drug-likeness (QED) is 0.0339. The Kier molecular flexibility index (Phi) is 21.7. The van der Waals surface area contributed by atoms with E-state index in [0.29, 0.717) is 0 Å². The molecule has 2 aromatic carbocycles. The van der Waals surface area contributed by atoms with Crippen molar-refractivity contribution in [1.29, 1.82) is 0 Å². The van der Waals surface area contributed by atoms with E-state index in [1.165, 1.54) is 212 Å². The van der Waals surface area contributed by atoms with Crippen LogP contribution in [-0.2, 0) is 19.3 Å². The molecule has 0 aliphatic heterocycles. The van der Waals surface area contributed by atoms with Gasteiger partial charge in [-0.1, -0.05) is 146 Å². The number of rotatable bonds is 28. The molecule has 0 unspecified atom stereocenters. The largest absolute Gasteiger partial charge is 0.143 e. The van der Waals surface area contributed by atoms with Gasteiger partial charge in [-0.2, -0.15) is 0 Å². The van der Waals surface area contributed by atoms with Crippen LogP contribution in [0.2, 0.25) is 0 Å². The predicted molar refractivity (Wildman–Crippen MR) is 353 cm³/mol. The molecule has 9 aromatic rings. The van der Waals surface area contributed by atoms with E-state index >= 15 is 0 Å². The monoisotopic (exact) mass is 1140 g/mol. The fraction of sp³-hybridized carbons (Fsp3) is 0.371. The van der Waals surface area contributed by atoms with Gasteiger partial charge in [-0.25, -0.2) is 0 Å². The van der Waals surface area contributed by atoms with Crippen LogP contribution >= 0.6 is 79.4 Å². The van der Waals surface area contributed by atoms with Crippen LogP contribution in [0.25, 0.3) is 75.2 Å². The van der Waals surface area contributed by atoms with Gasteiger partial charge < -0.3 is 0 Å². The second-order valence-corrected chi connectivity index (χ2v) is 28.3. The summed E-state index contributed by atoms with van der Waals surface area (Å²) in [7, 11) is 0. The molecular weight excluding hydrogens is 1070 g/mol. The molecule has 0 radical (unpaired) electrons. The molecule has 0 aliphatic rings. The average molecular weight is 1140 g/mol. The molecule has 0 saturated carbocycles. The number of hydrogen-bond acceptors (Lipinski definition) is 7. The highest BCUT2D eigenvalue weighted by Gasteiger charge is 2.19. The molecule has 400 valence electrons. The molecule has 77 heavy (non-hydrogen) atoms. The van der Waals surface area contributed by atoms with Gasteiger partial charge in [-0.05, 0) is 195 Å². The van der Waals surface area contributed by atoms with Crippen molar-refractivity contribution in [3.8, 4) is 81.5 Å². The third kappa shape index (κ3) is 15.3. The topological polar surface area (TPSA) is 0 Å². The second-order valence-electron chi connectivity index (χ2n) is 20.9. The minimum atomic E-state index is 1.04. The molecule has 0 fully saturated rings. The van der Waals surface area contributed by atoms with Gasteiger partial charge in [0.05, 0.1) is 0 Å². The molecule has 0 nitrogen and oxygen atoms in total. The van der Waals surface area contributed by atoms with E-state index in [1.807, 2.05) is 79.4 Å². The summed E-state index contributed by atoms with van der Waals surface area (Å²) in [6.07, 6.45) is 25.3. The Morgan fingerprint density at radius 1 is 0.351 bits per heavy atom. The van der Waals surface area contributed by atoms with Crippen molar-refractivity contribution in [3.63, 3.8) is 0 Å². The summed E-state index contributed by atoms with van der Waals surface area (Å²) in [6, 6.07) is 44.1. The van der Waals surface area contributed by atoms with Crippen LogP contribution < -0.4 is 0 Å². The molecule has 0 atom stereocenters. The Morgan fingerprint density at radius 3 is 1.22 bits per heavy atom. The zero-order valence-electron chi connectivity index (χ0n) is 46.5. The molecule has 0 spiro atoms. The van der Waals surface area contributed by atoms with Crippen LogP contribution in [0.4, 0.5) is 0 Å². The van der Waals surface area contributed by atoms with Crippen molar-refractivity contribution in [2.24, 2.45) is 0 Å².